The lowest BCUT2D eigenvalue weighted by Crippen LogP contribution is -1.81. The second-order valence-electron chi connectivity index (χ2n) is 2.19. The predicted octanol–water partition coefficient (Wildman–Crippen LogP) is 0.759. The van der Waals surface area contributed by atoms with Crippen molar-refractivity contribution in [2.75, 3.05) is 0 Å². The summed E-state index contributed by atoms with van der Waals surface area (Å²) < 4.78 is 9.86. The average molecular weight is 162 g/mol. The van der Waals surface area contributed by atoms with E-state index >= 15 is 0 Å². The van der Waals surface area contributed by atoms with Crippen LogP contribution in [0.25, 0.3) is 22.7 Å². The Kier molecular flexibility index (Phi) is 0.840. The van der Waals surface area contributed by atoms with E-state index in [0.29, 0.717) is 22.7 Å². The summed E-state index contributed by atoms with van der Waals surface area (Å²) in [6, 6.07) is 0. The lowest BCUT2D eigenvalue weighted by atomic mass is 10.6. The molecule has 3 heterocycles. The van der Waals surface area contributed by atoms with Gasteiger partial charge in [-0.05, 0) is 0 Å². The van der Waals surface area contributed by atoms with Crippen LogP contribution in [-0.4, -0.2) is 19.9 Å². The molecule has 0 radical (unpaired) electrons. The van der Waals surface area contributed by atoms with Crippen molar-refractivity contribution >= 4 is 22.7 Å². The molecule has 0 unspecified atom stereocenters. The minimum absolute atomic E-state index is 0.372. The van der Waals surface area contributed by atoms with E-state index < -0.39 is 0 Å². The minimum Gasteiger partial charge on any atom is -0.424 e. The summed E-state index contributed by atoms with van der Waals surface area (Å²) in [4.78, 5) is 15.6. The topological polar surface area (TPSA) is 77.8 Å². The van der Waals surface area contributed by atoms with Crippen molar-refractivity contribution in [1.29, 1.82) is 0 Å². The van der Waals surface area contributed by atoms with Crippen LogP contribution in [0.3, 0.4) is 0 Å². The van der Waals surface area contributed by atoms with E-state index in [9.17, 15) is 0 Å². The first-order valence-electron chi connectivity index (χ1n) is 3.24. The Hall–Kier alpha value is -1.98. The van der Waals surface area contributed by atoms with Crippen LogP contribution in [0.2, 0.25) is 0 Å². The van der Waals surface area contributed by atoms with Gasteiger partial charge >= 0.3 is 0 Å². The monoisotopic (exact) mass is 162 g/mol. The van der Waals surface area contributed by atoms with E-state index in [1.54, 1.807) is 0 Å². The third-order valence-corrected chi connectivity index (χ3v) is 1.48. The second kappa shape index (κ2) is 1.79. The molecule has 6 heteroatoms. The van der Waals surface area contributed by atoms with Gasteiger partial charge in [-0.25, -0.2) is 0 Å². The molecule has 0 aromatic carbocycles. The highest BCUT2D eigenvalue weighted by atomic mass is 16.4. The molecule has 0 spiro atoms. The Balaban J connectivity index is 2.62. The van der Waals surface area contributed by atoms with E-state index in [-0.39, 0.29) is 0 Å². The van der Waals surface area contributed by atoms with Gasteiger partial charge in [0.1, 0.15) is 0 Å². The highest BCUT2D eigenvalue weighted by molar-refractivity contribution is 5.74. The van der Waals surface area contributed by atoms with Crippen molar-refractivity contribution in [3.05, 3.63) is 12.8 Å². The van der Waals surface area contributed by atoms with Gasteiger partial charge < -0.3 is 8.83 Å². The molecular weight excluding hydrogens is 160 g/mol. The Morgan fingerprint density at radius 1 is 0.833 bits per heavy atom. The van der Waals surface area contributed by atoms with E-state index in [4.69, 9.17) is 8.83 Å². The summed E-state index contributed by atoms with van der Waals surface area (Å²) in [5.74, 6) is 0. The van der Waals surface area contributed by atoms with Crippen LogP contribution in [-0.2, 0) is 0 Å². The van der Waals surface area contributed by atoms with Gasteiger partial charge in [0.2, 0.25) is 11.3 Å². The van der Waals surface area contributed by atoms with Crippen LogP contribution in [0.4, 0.5) is 0 Å². The van der Waals surface area contributed by atoms with Crippen LogP contribution in [0, 0.1) is 0 Å². The standard InChI is InChI=1S/C6H2N4O2/c1-7-3-5(11-1)10-4-6(9-3)12-2-8-4/h1-2H. The lowest BCUT2D eigenvalue weighted by Gasteiger charge is -1.83. The molecule has 0 aliphatic heterocycles. The number of oxazole rings is 2. The maximum Gasteiger partial charge on any atom is 0.268 e. The van der Waals surface area contributed by atoms with Gasteiger partial charge in [-0.2, -0.15) is 19.9 Å². The van der Waals surface area contributed by atoms with Crippen molar-refractivity contribution in [2.45, 2.75) is 0 Å². The van der Waals surface area contributed by atoms with Gasteiger partial charge in [-0.15, -0.1) is 0 Å². The molecule has 0 N–H and O–H groups in total. The third kappa shape index (κ3) is 0.584. The molecule has 0 amide bonds. The Morgan fingerprint density at radius 2 is 1.33 bits per heavy atom. The van der Waals surface area contributed by atoms with Gasteiger partial charge in [0.05, 0.1) is 0 Å². The smallest absolute Gasteiger partial charge is 0.268 e. The maximum absolute atomic E-state index is 4.93. The van der Waals surface area contributed by atoms with Crippen LogP contribution in [0.5, 0.6) is 0 Å². The molecule has 0 aliphatic carbocycles. The zero-order valence-corrected chi connectivity index (χ0v) is 5.76. The van der Waals surface area contributed by atoms with Gasteiger partial charge in [0, 0.05) is 0 Å². The van der Waals surface area contributed by atoms with Crippen molar-refractivity contribution in [3.63, 3.8) is 0 Å². The summed E-state index contributed by atoms with van der Waals surface area (Å²) in [5, 5.41) is 0. The molecule has 0 fully saturated rings. The van der Waals surface area contributed by atoms with E-state index in [0.717, 1.165) is 0 Å². The quantitative estimate of drug-likeness (QED) is 0.485. The predicted molar refractivity (Wildman–Crippen MR) is 37.2 cm³/mol. The van der Waals surface area contributed by atoms with Crippen molar-refractivity contribution in [1.82, 2.24) is 19.9 Å². The lowest BCUT2D eigenvalue weighted by molar-refractivity contribution is 0.587. The summed E-state index contributed by atoms with van der Waals surface area (Å²) in [5.41, 5.74) is 1.60. The fourth-order valence-corrected chi connectivity index (χ4v) is 0.967. The molecule has 3 aromatic heterocycles. The molecule has 6 nitrogen and oxygen atoms in total. The van der Waals surface area contributed by atoms with E-state index in [2.05, 4.69) is 19.9 Å². The Morgan fingerprint density at radius 3 is 1.83 bits per heavy atom. The summed E-state index contributed by atoms with van der Waals surface area (Å²) in [7, 11) is 0. The molecule has 58 valence electrons. The molecule has 0 aliphatic rings. The number of aromatic nitrogens is 4. The average Bonchev–Trinajstić information content (AvgIpc) is 2.64. The highest BCUT2D eigenvalue weighted by Crippen LogP contribution is 2.12. The first kappa shape index (κ1) is 5.64. The normalized spacial score (nSPS) is 11.3. The van der Waals surface area contributed by atoms with Gasteiger partial charge in [-0.3, -0.25) is 0 Å². The Labute approximate surface area is 65.3 Å². The number of hydrogen-bond donors (Lipinski definition) is 0. The molecular formula is C6H2N4O2. The van der Waals surface area contributed by atoms with Crippen LogP contribution >= 0.6 is 0 Å². The van der Waals surface area contributed by atoms with Gasteiger partial charge in [0.15, 0.2) is 12.8 Å². The Bertz CT molecular complexity index is 449. The largest absolute Gasteiger partial charge is 0.424 e. The molecule has 3 aromatic rings. The van der Waals surface area contributed by atoms with Gasteiger partial charge in [-0.1, -0.05) is 0 Å². The molecule has 0 saturated heterocycles. The number of nitrogens with zero attached hydrogens (tertiary/aromatic N) is 4. The highest BCUT2D eigenvalue weighted by Gasteiger charge is 2.07. The van der Waals surface area contributed by atoms with E-state index in [1.807, 2.05) is 0 Å². The number of rotatable bonds is 0. The SMILES string of the molecule is c1nc2nc3ocnc3nc2o1. The summed E-state index contributed by atoms with van der Waals surface area (Å²) in [6.07, 6.45) is 2.56. The maximum atomic E-state index is 4.93. The zero-order chi connectivity index (χ0) is 7.97. The van der Waals surface area contributed by atoms with Crippen LogP contribution in [0.1, 0.15) is 0 Å². The second-order valence-corrected chi connectivity index (χ2v) is 2.19. The zero-order valence-electron chi connectivity index (χ0n) is 5.76. The fourth-order valence-electron chi connectivity index (χ4n) is 0.967. The minimum atomic E-state index is 0.372. The first-order chi connectivity index (χ1) is 5.93. The van der Waals surface area contributed by atoms with Crippen molar-refractivity contribution in [3.8, 4) is 0 Å². The fraction of sp³-hybridized carbons (Fsp3) is 0. The first-order valence-corrected chi connectivity index (χ1v) is 3.24. The molecule has 0 bridgehead atoms. The summed E-state index contributed by atoms with van der Waals surface area (Å²) in [6.45, 7) is 0. The third-order valence-electron chi connectivity index (χ3n) is 1.48. The van der Waals surface area contributed by atoms with Crippen LogP contribution < -0.4 is 0 Å². The number of hydrogen-bond acceptors (Lipinski definition) is 6. The molecule has 3 rings (SSSR count). The molecule has 0 atom stereocenters. The van der Waals surface area contributed by atoms with Gasteiger partial charge in [0.25, 0.3) is 11.4 Å². The molecule has 12 heavy (non-hydrogen) atoms. The van der Waals surface area contributed by atoms with E-state index in [1.165, 1.54) is 12.8 Å². The van der Waals surface area contributed by atoms with Crippen molar-refractivity contribution in [2.24, 2.45) is 0 Å². The van der Waals surface area contributed by atoms with Crippen molar-refractivity contribution < 1.29 is 8.83 Å². The summed E-state index contributed by atoms with van der Waals surface area (Å²) >= 11 is 0. The molecule has 0 saturated carbocycles. The van der Waals surface area contributed by atoms with Crippen LogP contribution in [0.15, 0.2) is 21.6 Å². The number of fused-ring (bicyclic) bond motifs is 2.